The third kappa shape index (κ3) is 5.79. The maximum Gasteiger partial charge on any atom is 0.191 e. The Labute approximate surface area is 172 Å². The van der Waals surface area contributed by atoms with Crippen molar-refractivity contribution in [3.63, 3.8) is 0 Å². The summed E-state index contributed by atoms with van der Waals surface area (Å²) in [6.07, 6.45) is 1.00. The average Bonchev–Trinajstić information content (AvgIpc) is 3.20. The minimum absolute atomic E-state index is 0.0121. The Hall–Kier alpha value is -1.93. The Morgan fingerprint density at radius 1 is 1.17 bits per heavy atom. The van der Waals surface area contributed by atoms with Crippen LogP contribution in [0.1, 0.15) is 20.3 Å². The highest BCUT2D eigenvalue weighted by Gasteiger charge is 2.28. The quantitative estimate of drug-likeness (QED) is 0.557. The molecule has 1 unspecified atom stereocenters. The molecule has 2 N–H and O–H groups in total. The predicted molar refractivity (Wildman–Crippen MR) is 113 cm³/mol. The van der Waals surface area contributed by atoms with Gasteiger partial charge in [-0.15, -0.1) is 0 Å². The molecule has 0 radical (unpaired) electrons. The number of morpholine rings is 1. The lowest BCUT2D eigenvalue weighted by molar-refractivity contribution is -0.00834. The number of hydrogen-bond donors (Lipinski definition) is 2. The van der Waals surface area contributed by atoms with Gasteiger partial charge in [-0.3, -0.25) is 9.89 Å². The fourth-order valence-electron chi connectivity index (χ4n) is 3.96. The third-order valence-electron chi connectivity index (χ3n) is 5.89. The number of hydrogen-bond acceptors (Lipinski definition) is 4. The van der Waals surface area contributed by atoms with E-state index in [4.69, 9.17) is 4.74 Å². The van der Waals surface area contributed by atoms with Crippen molar-refractivity contribution in [1.29, 1.82) is 0 Å². The summed E-state index contributed by atoms with van der Waals surface area (Å²) < 4.78 is 32.1. The molecule has 0 bridgehead atoms. The van der Waals surface area contributed by atoms with Gasteiger partial charge in [0.2, 0.25) is 0 Å². The standard InChI is InChI=1S/C21H33F2N5O/c1-21(2,28-8-10-29-11-9-28)15-26-20(24-3)25-13-16-6-7-27(14-16)17-4-5-18(22)19(23)12-17/h4-5,12,16H,6-11,13-15H2,1-3H3,(H2,24,25,26). The van der Waals surface area contributed by atoms with E-state index in [0.29, 0.717) is 5.92 Å². The molecule has 1 aromatic rings. The number of halogens is 2. The summed E-state index contributed by atoms with van der Waals surface area (Å²) >= 11 is 0. The van der Waals surface area contributed by atoms with Crippen molar-refractivity contribution in [2.45, 2.75) is 25.8 Å². The molecule has 8 heteroatoms. The molecule has 6 nitrogen and oxygen atoms in total. The van der Waals surface area contributed by atoms with E-state index in [9.17, 15) is 8.78 Å². The molecule has 0 spiro atoms. The van der Waals surface area contributed by atoms with Crippen LogP contribution in [-0.2, 0) is 4.74 Å². The second-order valence-corrected chi connectivity index (χ2v) is 8.42. The molecule has 0 saturated carbocycles. The summed E-state index contributed by atoms with van der Waals surface area (Å²) in [5.41, 5.74) is 0.749. The smallest absolute Gasteiger partial charge is 0.191 e. The van der Waals surface area contributed by atoms with E-state index in [1.807, 2.05) is 0 Å². The number of ether oxygens (including phenoxy) is 1. The SMILES string of the molecule is CN=C(NCC1CCN(c2ccc(F)c(F)c2)C1)NCC(C)(C)N1CCOCC1. The van der Waals surface area contributed by atoms with Gasteiger partial charge in [-0.1, -0.05) is 0 Å². The highest BCUT2D eigenvalue weighted by molar-refractivity contribution is 5.79. The Balaban J connectivity index is 1.44. The molecule has 162 valence electrons. The van der Waals surface area contributed by atoms with Gasteiger partial charge < -0.3 is 20.3 Å². The summed E-state index contributed by atoms with van der Waals surface area (Å²) in [6, 6.07) is 4.11. The Morgan fingerprint density at radius 3 is 2.62 bits per heavy atom. The third-order valence-corrected chi connectivity index (χ3v) is 5.89. The second-order valence-electron chi connectivity index (χ2n) is 8.42. The zero-order valence-electron chi connectivity index (χ0n) is 17.7. The molecule has 0 aliphatic carbocycles. The second kappa shape index (κ2) is 9.71. The first-order valence-corrected chi connectivity index (χ1v) is 10.4. The molecule has 3 rings (SSSR count). The van der Waals surface area contributed by atoms with Crippen molar-refractivity contribution in [2.75, 3.05) is 64.4 Å². The Bertz CT molecular complexity index is 706. The summed E-state index contributed by atoms with van der Waals surface area (Å²) in [4.78, 5) is 8.88. The van der Waals surface area contributed by atoms with Gasteiger partial charge in [0.1, 0.15) is 0 Å². The predicted octanol–water partition coefficient (Wildman–Crippen LogP) is 2.07. The first-order valence-electron chi connectivity index (χ1n) is 10.4. The molecule has 2 fully saturated rings. The van der Waals surface area contributed by atoms with E-state index >= 15 is 0 Å². The lowest BCUT2D eigenvalue weighted by Gasteiger charge is -2.41. The van der Waals surface area contributed by atoms with Gasteiger partial charge in [0, 0.05) is 63.6 Å². The summed E-state index contributed by atoms with van der Waals surface area (Å²) in [7, 11) is 1.78. The molecule has 29 heavy (non-hydrogen) atoms. The summed E-state index contributed by atoms with van der Waals surface area (Å²) in [5.74, 6) is -0.385. The zero-order valence-corrected chi connectivity index (χ0v) is 17.7. The van der Waals surface area contributed by atoms with Crippen molar-refractivity contribution >= 4 is 11.6 Å². The largest absolute Gasteiger partial charge is 0.379 e. The van der Waals surface area contributed by atoms with Crippen molar-refractivity contribution in [1.82, 2.24) is 15.5 Å². The minimum Gasteiger partial charge on any atom is -0.379 e. The van der Waals surface area contributed by atoms with Crippen LogP contribution in [0.15, 0.2) is 23.2 Å². The van der Waals surface area contributed by atoms with Gasteiger partial charge in [0.15, 0.2) is 17.6 Å². The van der Waals surface area contributed by atoms with E-state index in [2.05, 4.69) is 39.3 Å². The van der Waals surface area contributed by atoms with Crippen LogP contribution in [0.3, 0.4) is 0 Å². The summed E-state index contributed by atoms with van der Waals surface area (Å²) in [5, 5.41) is 6.85. The Morgan fingerprint density at radius 2 is 1.93 bits per heavy atom. The normalized spacial score (nSPS) is 21.5. The molecule has 0 aromatic heterocycles. The molecule has 1 aromatic carbocycles. The van der Waals surface area contributed by atoms with Crippen LogP contribution in [0, 0.1) is 17.6 Å². The molecular weight excluding hydrogens is 376 g/mol. The van der Waals surface area contributed by atoms with E-state index in [0.717, 1.165) is 70.6 Å². The van der Waals surface area contributed by atoms with E-state index in [-0.39, 0.29) is 5.54 Å². The van der Waals surface area contributed by atoms with Gasteiger partial charge in [-0.25, -0.2) is 8.78 Å². The molecule has 2 aliphatic rings. The van der Waals surface area contributed by atoms with Gasteiger partial charge >= 0.3 is 0 Å². The Kier molecular flexibility index (Phi) is 7.29. The fourth-order valence-corrected chi connectivity index (χ4v) is 3.96. The zero-order chi connectivity index (χ0) is 20.9. The number of anilines is 1. The van der Waals surface area contributed by atoms with Crippen LogP contribution in [0.5, 0.6) is 0 Å². The van der Waals surface area contributed by atoms with Crippen LogP contribution in [-0.4, -0.2) is 75.9 Å². The van der Waals surface area contributed by atoms with Crippen LogP contribution in [0.25, 0.3) is 0 Å². The van der Waals surface area contributed by atoms with Gasteiger partial charge in [-0.2, -0.15) is 0 Å². The average molecular weight is 410 g/mol. The molecular formula is C21H33F2N5O. The minimum atomic E-state index is -0.805. The van der Waals surface area contributed by atoms with E-state index in [1.165, 1.54) is 12.1 Å². The van der Waals surface area contributed by atoms with Crippen LogP contribution >= 0.6 is 0 Å². The monoisotopic (exact) mass is 409 g/mol. The highest BCUT2D eigenvalue weighted by atomic mass is 19.2. The van der Waals surface area contributed by atoms with Crippen molar-refractivity contribution < 1.29 is 13.5 Å². The fraction of sp³-hybridized carbons (Fsp3) is 0.667. The van der Waals surface area contributed by atoms with Gasteiger partial charge in [-0.05, 0) is 38.3 Å². The number of nitrogens with zero attached hydrogens (tertiary/aromatic N) is 3. The first-order chi connectivity index (χ1) is 13.9. The van der Waals surface area contributed by atoms with Gasteiger partial charge in [0.25, 0.3) is 0 Å². The van der Waals surface area contributed by atoms with Crippen LogP contribution < -0.4 is 15.5 Å². The molecule has 2 heterocycles. The van der Waals surface area contributed by atoms with Crippen molar-refractivity contribution in [3.8, 4) is 0 Å². The first kappa shape index (κ1) is 21.8. The lowest BCUT2D eigenvalue weighted by Crippen LogP contribution is -2.56. The molecule has 2 aliphatic heterocycles. The maximum absolute atomic E-state index is 13.5. The maximum atomic E-state index is 13.5. The number of guanidine groups is 1. The number of nitrogens with one attached hydrogen (secondary N) is 2. The lowest BCUT2D eigenvalue weighted by atomic mass is 10.0. The summed E-state index contributed by atoms with van der Waals surface area (Å²) in [6.45, 7) is 11.2. The van der Waals surface area contributed by atoms with Gasteiger partial charge in [0.05, 0.1) is 13.2 Å². The van der Waals surface area contributed by atoms with Crippen LogP contribution in [0.4, 0.5) is 14.5 Å². The molecule has 2 saturated heterocycles. The van der Waals surface area contributed by atoms with Crippen molar-refractivity contribution in [3.05, 3.63) is 29.8 Å². The molecule has 1 atom stereocenters. The van der Waals surface area contributed by atoms with E-state index in [1.54, 1.807) is 13.1 Å². The topological polar surface area (TPSA) is 52.1 Å². The highest BCUT2D eigenvalue weighted by Crippen LogP contribution is 2.25. The number of benzene rings is 1. The number of aliphatic imine (C=N–C) groups is 1. The van der Waals surface area contributed by atoms with E-state index < -0.39 is 11.6 Å². The van der Waals surface area contributed by atoms with Crippen molar-refractivity contribution in [2.24, 2.45) is 10.9 Å². The molecule has 0 amide bonds. The van der Waals surface area contributed by atoms with Crippen LogP contribution in [0.2, 0.25) is 0 Å². The number of rotatable bonds is 6.